The van der Waals surface area contributed by atoms with E-state index in [-0.39, 0.29) is 5.69 Å². The van der Waals surface area contributed by atoms with Crippen LogP contribution in [0, 0.1) is 10.1 Å². The van der Waals surface area contributed by atoms with Gasteiger partial charge in [0.05, 0.1) is 31.4 Å². The molecule has 30 heavy (non-hydrogen) atoms. The van der Waals surface area contributed by atoms with Crippen molar-refractivity contribution in [2.75, 3.05) is 0 Å². The van der Waals surface area contributed by atoms with Crippen LogP contribution < -0.4 is 0 Å². The van der Waals surface area contributed by atoms with Gasteiger partial charge in [0.1, 0.15) is 10.7 Å². The molecule has 0 amide bonds. The molecule has 1 aliphatic rings. The molecule has 150 valence electrons. The maximum Gasteiger partial charge on any atom is 0.269 e. The van der Waals surface area contributed by atoms with E-state index in [1.807, 2.05) is 24.3 Å². The normalized spacial score (nSPS) is 15.5. The summed E-state index contributed by atoms with van der Waals surface area (Å²) in [5, 5.41) is 21.0. The second-order valence-electron chi connectivity index (χ2n) is 5.73. The van der Waals surface area contributed by atoms with Crippen molar-refractivity contribution in [2.45, 2.75) is 0 Å². The van der Waals surface area contributed by atoms with E-state index in [4.69, 9.17) is 23.2 Å². The molecule has 0 bridgehead atoms. The average molecular weight is 494 g/mol. The Balaban J connectivity index is 1.69. The van der Waals surface area contributed by atoms with Crippen LogP contribution in [0.5, 0.6) is 0 Å². The first-order valence-electron chi connectivity index (χ1n) is 8.21. The standard InChI is InChI=1S/C18H9Cl2N5O2S3/c19-11-3-1-10(2-4-11)14-9-21-18(28-14)15(16-17(20)24-30-29-16)23-22-12-5-7-13(8-6-12)25(26)27/h1-9H/b16-15+,23-22?. The van der Waals surface area contributed by atoms with E-state index in [1.165, 1.54) is 57.4 Å². The predicted octanol–water partition coefficient (Wildman–Crippen LogP) is 7.77. The Morgan fingerprint density at radius 3 is 2.43 bits per heavy atom. The lowest BCUT2D eigenvalue weighted by atomic mass is 10.2. The highest BCUT2D eigenvalue weighted by molar-refractivity contribution is 8.78. The largest absolute Gasteiger partial charge is 0.269 e. The summed E-state index contributed by atoms with van der Waals surface area (Å²) in [5.74, 6) is 0. The molecule has 0 saturated heterocycles. The minimum atomic E-state index is -0.467. The van der Waals surface area contributed by atoms with Crippen molar-refractivity contribution in [3.05, 3.63) is 79.8 Å². The maximum absolute atomic E-state index is 10.8. The molecule has 0 unspecified atom stereocenters. The molecule has 4 rings (SSSR count). The average Bonchev–Trinajstić information content (AvgIpc) is 3.39. The summed E-state index contributed by atoms with van der Waals surface area (Å²) in [6.07, 6.45) is 1.75. The number of hydrogen-bond acceptors (Lipinski definition) is 9. The fourth-order valence-corrected chi connectivity index (χ4v) is 5.73. The summed E-state index contributed by atoms with van der Waals surface area (Å²) in [5.41, 5.74) is 1.92. The van der Waals surface area contributed by atoms with Gasteiger partial charge in [0.25, 0.3) is 5.69 Å². The molecular formula is C18H9Cl2N5O2S3. The number of benzene rings is 2. The second-order valence-corrected chi connectivity index (χ2v) is 9.41. The number of azo groups is 1. The van der Waals surface area contributed by atoms with Gasteiger partial charge in [0.2, 0.25) is 0 Å². The third-order valence-corrected chi connectivity index (χ3v) is 7.43. The van der Waals surface area contributed by atoms with Crippen LogP contribution in [0.1, 0.15) is 5.01 Å². The third-order valence-electron chi connectivity index (χ3n) is 3.80. The smallest absolute Gasteiger partial charge is 0.258 e. The second kappa shape index (κ2) is 9.27. The van der Waals surface area contributed by atoms with Crippen LogP contribution in [-0.4, -0.2) is 15.1 Å². The van der Waals surface area contributed by atoms with Gasteiger partial charge in [-0.25, -0.2) is 4.98 Å². The predicted molar refractivity (Wildman–Crippen MR) is 126 cm³/mol. The van der Waals surface area contributed by atoms with Gasteiger partial charge in [-0.3, -0.25) is 10.1 Å². The van der Waals surface area contributed by atoms with Gasteiger partial charge >= 0.3 is 0 Å². The minimum absolute atomic E-state index is 0.0158. The SMILES string of the molecule is O=[N+]([O-])c1ccc(N=N/C(=C2/SSN=C2Cl)c2ncc(-c3ccc(Cl)cc3)s2)cc1. The third kappa shape index (κ3) is 4.73. The number of nitrogens with zero attached hydrogens (tertiary/aromatic N) is 5. The van der Waals surface area contributed by atoms with Gasteiger partial charge in [-0.05, 0) is 40.6 Å². The van der Waals surface area contributed by atoms with Crippen molar-refractivity contribution < 1.29 is 4.92 Å². The molecule has 7 nitrogen and oxygen atoms in total. The van der Waals surface area contributed by atoms with Crippen molar-refractivity contribution in [1.29, 1.82) is 0 Å². The first kappa shape index (κ1) is 21.0. The first-order valence-corrected chi connectivity index (χ1v) is 11.9. The van der Waals surface area contributed by atoms with Crippen molar-refractivity contribution in [3.8, 4) is 10.4 Å². The number of nitro benzene ring substituents is 1. The van der Waals surface area contributed by atoms with Crippen molar-refractivity contribution in [1.82, 2.24) is 4.98 Å². The summed E-state index contributed by atoms with van der Waals surface area (Å²) in [6, 6.07) is 13.3. The van der Waals surface area contributed by atoms with Gasteiger partial charge in [-0.2, -0.15) is 9.51 Å². The van der Waals surface area contributed by atoms with E-state index >= 15 is 0 Å². The van der Waals surface area contributed by atoms with Crippen LogP contribution in [0.25, 0.3) is 16.1 Å². The number of nitro groups is 1. The molecule has 2 aromatic carbocycles. The highest BCUT2D eigenvalue weighted by Gasteiger charge is 2.23. The Hall–Kier alpha value is -2.24. The molecule has 12 heteroatoms. The van der Waals surface area contributed by atoms with Crippen LogP contribution in [-0.2, 0) is 0 Å². The monoisotopic (exact) mass is 493 g/mol. The van der Waals surface area contributed by atoms with E-state index in [9.17, 15) is 10.1 Å². The van der Waals surface area contributed by atoms with Crippen LogP contribution in [0.4, 0.5) is 11.4 Å². The van der Waals surface area contributed by atoms with Crippen molar-refractivity contribution >= 4 is 78.6 Å². The van der Waals surface area contributed by atoms with Crippen LogP contribution in [0.2, 0.25) is 5.02 Å². The number of aromatic nitrogens is 1. The van der Waals surface area contributed by atoms with Crippen LogP contribution in [0.3, 0.4) is 0 Å². The zero-order chi connectivity index (χ0) is 21.1. The summed E-state index contributed by atoms with van der Waals surface area (Å²) in [4.78, 5) is 16.4. The summed E-state index contributed by atoms with van der Waals surface area (Å²) in [6.45, 7) is 0. The fraction of sp³-hybridized carbons (Fsp3) is 0. The fourth-order valence-electron chi connectivity index (χ4n) is 2.37. The lowest BCUT2D eigenvalue weighted by molar-refractivity contribution is -0.384. The van der Waals surface area contributed by atoms with Gasteiger partial charge in [0.15, 0.2) is 5.17 Å². The van der Waals surface area contributed by atoms with Gasteiger partial charge < -0.3 is 0 Å². The van der Waals surface area contributed by atoms with Gasteiger partial charge in [-0.15, -0.1) is 16.5 Å². The molecule has 0 aliphatic carbocycles. The van der Waals surface area contributed by atoms with E-state index in [1.54, 1.807) is 6.20 Å². The zero-order valence-electron chi connectivity index (χ0n) is 14.7. The lowest BCUT2D eigenvalue weighted by Gasteiger charge is -2.01. The molecule has 0 atom stereocenters. The Labute approximate surface area is 192 Å². The summed E-state index contributed by atoms with van der Waals surface area (Å²) in [7, 11) is 2.61. The Bertz CT molecular complexity index is 1190. The topological polar surface area (TPSA) is 93.1 Å². The molecule has 1 aromatic heterocycles. The number of halogens is 2. The lowest BCUT2D eigenvalue weighted by Crippen LogP contribution is -1.90. The zero-order valence-corrected chi connectivity index (χ0v) is 18.7. The van der Waals surface area contributed by atoms with Gasteiger partial charge in [-0.1, -0.05) is 35.3 Å². The van der Waals surface area contributed by atoms with Gasteiger partial charge in [0, 0.05) is 23.4 Å². The number of thiazole rings is 1. The molecule has 0 spiro atoms. The molecule has 3 aromatic rings. The van der Waals surface area contributed by atoms with Crippen LogP contribution >= 0.6 is 56.3 Å². The molecule has 0 radical (unpaired) electrons. The molecule has 0 fully saturated rings. The number of hydrogen-bond donors (Lipinski definition) is 0. The molecular weight excluding hydrogens is 485 g/mol. The number of allylic oxidation sites excluding steroid dienone is 1. The van der Waals surface area contributed by atoms with E-state index < -0.39 is 4.92 Å². The summed E-state index contributed by atoms with van der Waals surface area (Å²) < 4.78 is 4.11. The van der Waals surface area contributed by atoms with Crippen molar-refractivity contribution in [3.63, 3.8) is 0 Å². The Morgan fingerprint density at radius 2 is 1.80 bits per heavy atom. The Kier molecular flexibility index (Phi) is 6.49. The molecule has 2 heterocycles. The van der Waals surface area contributed by atoms with E-state index in [0.29, 0.717) is 31.5 Å². The minimum Gasteiger partial charge on any atom is -0.258 e. The molecule has 0 saturated carbocycles. The number of non-ortho nitro benzene ring substituents is 1. The van der Waals surface area contributed by atoms with Crippen LogP contribution in [0.15, 0.2) is 74.3 Å². The van der Waals surface area contributed by atoms with Crippen molar-refractivity contribution in [2.24, 2.45) is 14.6 Å². The van der Waals surface area contributed by atoms with E-state index in [0.717, 1.165) is 10.4 Å². The highest BCUT2D eigenvalue weighted by atomic mass is 35.5. The quantitative estimate of drug-likeness (QED) is 0.119. The Morgan fingerprint density at radius 1 is 1.07 bits per heavy atom. The number of rotatable bonds is 5. The molecule has 0 N–H and O–H groups in total. The summed E-state index contributed by atoms with van der Waals surface area (Å²) >= 11 is 13.6. The van der Waals surface area contributed by atoms with E-state index in [2.05, 4.69) is 19.6 Å². The highest BCUT2D eigenvalue weighted by Crippen LogP contribution is 2.46. The molecule has 1 aliphatic heterocycles. The maximum atomic E-state index is 10.8. The first-order chi connectivity index (χ1) is 14.5.